The fourth-order valence-corrected chi connectivity index (χ4v) is 4.30. The van der Waals surface area contributed by atoms with Crippen molar-refractivity contribution in [2.45, 2.75) is 38.5 Å². The Kier molecular flexibility index (Phi) is 5.67. The summed E-state index contributed by atoms with van der Waals surface area (Å²) in [4.78, 5) is 8.50. The van der Waals surface area contributed by atoms with Crippen molar-refractivity contribution in [2.24, 2.45) is 0 Å². The molecule has 1 aliphatic rings. The molecule has 0 unspecified atom stereocenters. The summed E-state index contributed by atoms with van der Waals surface area (Å²) in [5.41, 5.74) is 4.26. The molecule has 0 bridgehead atoms. The molecule has 0 amide bonds. The van der Waals surface area contributed by atoms with Crippen LogP contribution in [0, 0.1) is 11.3 Å². The van der Waals surface area contributed by atoms with E-state index in [1.54, 1.807) is 0 Å². The molecule has 0 saturated carbocycles. The number of allylic oxidation sites excluding steroid dienone is 1. The topological polar surface area (TPSA) is 39.9 Å². The number of aromatic nitrogens is 1. The average Bonchev–Trinajstić information content (AvgIpc) is 3.08. The van der Waals surface area contributed by atoms with Gasteiger partial charge in [-0.3, -0.25) is 0 Å². The minimum Gasteiger partial charge on any atom is -0.318 e. The molecule has 1 aliphatic carbocycles. The zero-order chi connectivity index (χ0) is 17.6. The number of hydrogen-bond acceptors (Lipinski definition) is 4. The third-order valence-electron chi connectivity index (χ3n) is 4.54. The van der Waals surface area contributed by atoms with Crippen LogP contribution in [0.15, 0.2) is 49.2 Å². The normalized spacial score (nSPS) is 12.9. The number of thiazole rings is 1. The van der Waals surface area contributed by atoms with E-state index >= 15 is 0 Å². The molecule has 1 aromatic carbocycles. The van der Waals surface area contributed by atoms with Crippen LogP contribution in [0.1, 0.15) is 41.0 Å². The molecule has 0 atom stereocenters. The standard InChI is InChI=1S/C21H23N3S/c1-3-14-24(21-23-19-6-4-5-7-20(19)25-21)16(2)8-9-17-10-12-18(15-22)13-11-17/h3,10-13H,1-2,4-9,14H2. The van der Waals surface area contributed by atoms with Gasteiger partial charge in [0, 0.05) is 17.1 Å². The lowest BCUT2D eigenvalue weighted by Gasteiger charge is -2.22. The van der Waals surface area contributed by atoms with Crippen molar-refractivity contribution in [1.29, 1.82) is 5.26 Å². The van der Waals surface area contributed by atoms with E-state index in [-0.39, 0.29) is 0 Å². The summed E-state index contributed by atoms with van der Waals surface area (Å²) in [5.74, 6) is 0. The first kappa shape index (κ1) is 17.4. The molecular weight excluding hydrogens is 326 g/mol. The van der Waals surface area contributed by atoms with Gasteiger partial charge in [0.05, 0.1) is 17.3 Å². The van der Waals surface area contributed by atoms with Crippen LogP contribution in [-0.4, -0.2) is 11.5 Å². The van der Waals surface area contributed by atoms with Crippen LogP contribution >= 0.6 is 11.3 Å². The van der Waals surface area contributed by atoms with Gasteiger partial charge in [-0.25, -0.2) is 4.98 Å². The zero-order valence-electron chi connectivity index (χ0n) is 14.5. The Balaban J connectivity index is 1.69. The number of benzene rings is 1. The Bertz CT molecular complexity index is 772. The molecule has 0 N–H and O–H groups in total. The lowest BCUT2D eigenvalue weighted by Crippen LogP contribution is -2.22. The Labute approximate surface area is 153 Å². The minimum atomic E-state index is 0.698. The van der Waals surface area contributed by atoms with E-state index in [4.69, 9.17) is 10.2 Å². The SMILES string of the molecule is C=CCN(C(=C)CCc1ccc(C#N)cc1)c1nc2c(s1)CCCC2. The molecule has 3 nitrogen and oxygen atoms in total. The number of aryl methyl sites for hydroxylation is 3. The highest BCUT2D eigenvalue weighted by Gasteiger charge is 2.19. The molecule has 1 aromatic heterocycles. The quantitative estimate of drug-likeness (QED) is 0.658. The van der Waals surface area contributed by atoms with Gasteiger partial charge in [-0.15, -0.1) is 17.9 Å². The summed E-state index contributed by atoms with van der Waals surface area (Å²) in [5, 5.41) is 9.94. The van der Waals surface area contributed by atoms with Crippen molar-refractivity contribution in [1.82, 2.24) is 4.98 Å². The van der Waals surface area contributed by atoms with Crippen LogP contribution in [0.5, 0.6) is 0 Å². The summed E-state index contributed by atoms with van der Waals surface area (Å²) in [6.45, 7) is 8.92. The smallest absolute Gasteiger partial charge is 0.190 e. The largest absolute Gasteiger partial charge is 0.318 e. The van der Waals surface area contributed by atoms with Crippen LogP contribution in [0.4, 0.5) is 5.13 Å². The van der Waals surface area contributed by atoms with Gasteiger partial charge in [0.2, 0.25) is 0 Å². The maximum atomic E-state index is 8.89. The maximum Gasteiger partial charge on any atom is 0.190 e. The van der Waals surface area contributed by atoms with Gasteiger partial charge >= 0.3 is 0 Å². The molecular formula is C21H23N3S. The summed E-state index contributed by atoms with van der Waals surface area (Å²) >= 11 is 1.81. The third-order valence-corrected chi connectivity index (χ3v) is 5.72. The predicted octanol–water partition coefficient (Wildman–Crippen LogP) is 5.03. The van der Waals surface area contributed by atoms with Crippen molar-refractivity contribution in [3.63, 3.8) is 0 Å². The van der Waals surface area contributed by atoms with Crippen molar-refractivity contribution in [3.05, 3.63) is 70.9 Å². The molecule has 2 aromatic rings. The number of nitriles is 1. The van der Waals surface area contributed by atoms with Crippen LogP contribution in [0.25, 0.3) is 0 Å². The van der Waals surface area contributed by atoms with Crippen molar-refractivity contribution < 1.29 is 0 Å². The molecule has 0 spiro atoms. The van der Waals surface area contributed by atoms with Crippen LogP contribution in [-0.2, 0) is 19.3 Å². The van der Waals surface area contributed by atoms with E-state index in [1.165, 1.54) is 29.0 Å². The van der Waals surface area contributed by atoms with Gasteiger partial charge in [0.25, 0.3) is 0 Å². The molecule has 0 fully saturated rings. The Hall–Kier alpha value is -2.38. The van der Waals surface area contributed by atoms with Gasteiger partial charge in [-0.2, -0.15) is 5.26 Å². The van der Waals surface area contributed by atoms with Gasteiger partial charge in [-0.1, -0.05) is 24.8 Å². The summed E-state index contributed by atoms with van der Waals surface area (Å²) < 4.78 is 0. The van der Waals surface area contributed by atoms with Gasteiger partial charge in [-0.05, 0) is 56.2 Å². The maximum absolute atomic E-state index is 8.89. The van der Waals surface area contributed by atoms with Crippen molar-refractivity contribution in [3.8, 4) is 6.07 Å². The first-order valence-corrected chi connectivity index (χ1v) is 9.56. The summed E-state index contributed by atoms with van der Waals surface area (Å²) in [6.07, 6.45) is 8.46. The van der Waals surface area contributed by atoms with E-state index in [0.29, 0.717) is 5.56 Å². The van der Waals surface area contributed by atoms with E-state index in [1.807, 2.05) is 41.7 Å². The molecule has 3 rings (SSSR count). The molecule has 1 heterocycles. The lowest BCUT2D eigenvalue weighted by molar-refractivity contribution is 0.682. The number of hydrogen-bond donors (Lipinski definition) is 0. The van der Waals surface area contributed by atoms with Crippen molar-refractivity contribution in [2.75, 3.05) is 11.4 Å². The zero-order valence-corrected chi connectivity index (χ0v) is 15.3. The molecule has 0 aliphatic heterocycles. The number of anilines is 1. The second-order valence-electron chi connectivity index (χ2n) is 6.35. The highest BCUT2D eigenvalue weighted by molar-refractivity contribution is 7.15. The first-order valence-electron chi connectivity index (χ1n) is 8.75. The summed E-state index contributed by atoms with van der Waals surface area (Å²) in [6, 6.07) is 9.93. The highest BCUT2D eigenvalue weighted by Crippen LogP contribution is 2.33. The molecule has 0 radical (unpaired) electrons. The number of nitrogens with zero attached hydrogens (tertiary/aromatic N) is 3. The van der Waals surface area contributed by atoms with E-state index in [9.17, 15) is 0 Å². The van der Waals surface area contributed by atoms with Crippen LogP contribution in [0.2, 0.25) is 0 Å². The predicted molar refractivity (Wildman–Crippen MR) is 105 cm³/mol. The number of rotatable bonds is 7. The van der Waals surface area contributed by atoms with Gasteiger partial charge in [0.1, 0.15) is 0 Å². The number of fused-ring (bicyclic) bond motifs is 1. The monoisotopic (exact) mass is 349 g/mol. The highest BCUT2D eigenvalue weighted by atomic mass is 32.1. The van der Waals surface area contributed by atoms with Crippen LogP contribution in [0.3, 0.4) is 0 Å². The van der Waals surface area contributed by atoms with Gasteiger partial charge < -0.3 is 4.90 Å². The van der Waals surface area contributed by atoms with E-state index in [2.05, 4.69) is 24.1 Å². The molecule has 4 heteroatoms. The molecule has 25 heavy (non-hydrogen) atoms. The van der Waals surface area contributed by atoms with Crippen molar-refractivity contribution >= 4 is 16.5 Å². The summed E-state index contributed by atoms with van der Waals surface area (Å²) in [7, 11) is 0. The Morgan fingerprint density at radius 3 is 2.72 bits per heavy atom. The average molecular weight is 350 g/mol. The second kappa shape index (κ2) is 8.13. The molecule has 128 valence electrons. The minimum absolute atomic E-state index is 0.698. The second-order valence-corrected chi connectivity index (χ2v) is 7.41. The van der Waals surface area contributed by atoms with E-state index in [0.717, 1.165) is 43.1 Å². The Morgan fingerprint density at radius 1 is 1.28 bits per heavy atom. The lowest BCUT2D eigenvalue weighted by atomic mass is 10.0. The Morgan fingerprint density at radius 2 is 2.04 bits per heavy atom. The fraction of sp³-hybridized carbons (Fsp3) is 0.333. The molecule has 0 saturated heterocycles. The first-order chi connectivity index (χ1) is 12.2. The van der Waals surface area contributed by atoms with E-state index < -0.39 is 0 Å². The fourth-order valence-electron chi connectivity index (χ4n) is 3.09. The van der Waals surface area contributed by atoms with Crippen LogP contribution < -0.4 is 4.90 Å². The third kappa shape index (κ3) is 4.18. The van der Waals surface area contributed by atoms with Gasteiger partial charge in [0.15, 0.2) is 5.13 Å².